The molecule has 0 aliphatic heterocycles. The molecule has 9 aromatic carbocycles. The summed E-state index contributed by atoms with van der Waals surface area (Å²) in [5, 5.41) is 0. The van der Waals surface area contributed by atoms with E-state index in [9.17, 15) is 0 Å². The molecule has 5 heteroatoms. The molecule has 5 nitrogen and oxygen atoms in total. The van der Waals surface area contributed by atoms with Gasteiger partial charge in [-0.05, 0) is 62.7 Å². The Morgan fingerprint density at radius 2 is 0.612 bits per heavy atom. The first-order chi connectivity index (χ1) is 33.2. The van der Waals surface area contributed by atoms with Gasteiger partial charge in [0.25, 0.3) is 0 Å². The molecule has 0 atom stereocenters. The van der Waals surface area contributed by atoms with E-state index < -0.39 is 5.41 Å². The van der Waals surface area contributed by atoms with Crippen molar-refractivity contribution in [2.75, 3.05) is 0 Å². The lowest BCUT2D eigenvalue weighted by molar-refractivity contribution is 0.768. The van der Waals surface area contributed by atoms with Gasteiger partial charge in [0, 0.05) is 33.4 Å². The Bertz CT molecular complexity index is 3370. The van der Waals surface area contributed by atoms with Crippen LogP contribution in [-0.4, -0.2) is 24.9 Å². The lowest BCUT2D eigenvalue weighted by Gasteiger charge is -2.34. The van der Waals surface area contributed by atoms with Crippen LogP contribution in [0.1, 0.15) is 22.3 Å². The Balaban J connectivity index is 1.11. The predicted molar refractivity (Wildman–Crippen MR) is 271 cm³/mol. The summed E-state index contributed by atoms with van der Waals surface area (Å²) in [5.74, 6) is 2.49. The molecule has 0 bridgehead atoms. The number of hydrogen-bond acceptors (Lipinski definition) is 5. The van der Waals surface area contributed by atoms with Crippen LogP contribution in [0.15, 0.2) is 249 Å². The Labute approximate surface area is 389 Å². The van der Waals surface area contributed by atoms with Crippen LogP contribution in [0.5, 0.6) is 0 Å². The molecule has 0 amide bonds. The monoisotopic (exact) mass is 855 g/mol. The van der Waals surface area contributed by atoms with Crippen LogP contribution < -0.4 is 0 Å². The Hall–Kier alpha value is -8.93. The molecule has 11 aromatic rings. The third kappa shape index (κ3) is 7.11. The van der Waals surface area contributed by atoms with Crippen LogP contribution in [0, 0.1) is 0 Å². The van der Waals surface area contributed by atoms with Gasteiger partial charge >= 0.3 is 0 Å². The van der Waals surface area contributed by atoms with Crippen molar-refractivity contribution in [3.8, 4) is 90.3 Å². The molecule has 2 heterocycles. The molecule has 1 aliphatic carbocycles. The van der Waals surface area contributed by atoms with Crippen LogP contribution in [0.2, 0.25) is 0 Å². The predicted octanol–water partition coefficient (Wildman–Crippen LogP) is 14.7. The van der Waals surface area contributed by atoms with Gasteiger partial charge in [0.15, 0.2) is 23.3 Å². The number of fused-ring (bicyclic) bond motifs is 3. The summed E-state index contributed by atoms with van der Waals surface area (Å²) in [7, 11) is 0. The summed E-state index contributed by atoms with van der Waals surface area (Å²) >= 11 is 0. The van der Waals surface area contributed by atoms with E-state index >= 15 is 0 Å². The minimum atomic E-state index is -0.615. The van der Waals surface area contributed by atoms with Gasteiger partial charge in [-0.15, -0.1) is 0 Å². The Morgan fingerprint density at radius 3 is 1.09 bits per heavy atom. The maximum absolute atomic E-state index is 5.46. The average Bonchev–Trinajstić information content (AvgIpc) is 3.72. The highest BCUT2D eigenvalue weighted by Crippen LogP contribution is 2.58. The highest BCUT2D eigenvalue weighted by atomic mass is 15.0. The molecule has 0 unspecified atom stereocenters. The second kappa shape index (κ2) is 16.9. The summed E-state index contributed by atoms with van der Waals surface area (Å²) in [4.78, 5) is 25.9. The van der Waals surface area contributed by atoms with Crippen LogP contribution in [0.4, 0.5) is 0 Å². The first kappa shape index (κ1) is 39.6. The highest BCUT2D eigenvalue weighted by molar-refractivity contribution is 5.94. The SMILES string of the molecule is c1ccc(-c2cc(-c3ccccc3)nc(-c3cc4c(cc3-c3ccc(-c5nc(-c6ccccc6)nc(-c6ccccc6)n5)cc3)-c3ccccc3C4(c3ccccc3)c3ccccc3)n2)cc1. The Kier molecular flexibility index (Phi) is 9.99. The second-order valence-electron chi connectivity index (χ2n) is 16.8. The quantitative estimate of drug-likeness (QED) is 0.145. The fraction of sp³-hybridized carbons (Fsp3) is 0.0161. The smallest absolute Gasteiger partial charge is 0.164 e. The van der Waals surface area contributed by atoms with Gasteiger partial charge in [-0.1, -0.05) is 231 Å². The van der Waals surface area contributed by atoms with Gasteiger partial charge in [0.05, 0.1) is 16.8 Å². The van der Waals surface area contributed by atoms with Gasteiger partial charge in [-0.25, -0.2) is 24.9 Å². The third-order valence-electron chi connectivity index (χ3n) is 12.9. The first-order valence-corrected chi connectivity index (χ1v) is 22.6. The van der Waals surface area contributed by atoms with Crippen molar-refractivity contribution in [3.63, 3.8) is 0 Å². The molecule has 1 aliphatic rings. The van der Waals surface area contributed by atoms with Crippen molar-refractivity contribution in [1.82, 2.24) is 24.9 Å². The van der Waals surface area contributed by atoms with Crippen LogP contribution in [-0.2, 0) is 5.41 Å². The van der Waals surface area contributed by atoms with Crippen molar-refractivity contribution < 1.29 is 0 Å². The lowest BCUT2D eigenvalue weighted by Crippen LogP contribution is -2.28. The molecule has 0 spiro atoms. The highest BCUT2D eigenvalue weighted by Gasteiger charge is 2.46. The number of hydrogen-bond donors (Lipinski definition) is 0. The molecule has 67 heavy (non-hydrogen) atoms. The van der Waals surface area contributed by atoms with Crippen molar-refractivity contribution in [2.45, 2.75) is 5.41 Å². The molecule has 0 saturated heterocycles. The maximum atomic E-state index is 5.46. The summed E-state index contributed by atoms with van der Waals surface area (Å²) in [6.07, 6.45) is 0. The van der Waals surface area contributed by atoms with Gasteiger partial charge in [0.1, 0.15) is 0 Å². The van der Waals surface area contributed by atoms with E-state index in [1.165, 1.54) is 33.4 Å². The largest absolute Gasteiger partial charge is 0.228 e. The normalized spacial score (nSPS) is 12.3. The van der Waals surface area contributed by atoms with Crippen LogP contribution in [0.25, 0.3) is 90.3 Å². The minimum absolute atomic E-state index is 0.601. The Morgan fingerprint density at radius 1 is 0.224 bits per heavy atom. The number of aromatic nitrogens is 5. The van der Waals surface area contributed by atoms with Gasteiger partial charge in [-0.2, -0.15) is 0 Å². The average molecular weight is 856 g/mol. The molecule has 0 saturated carbocycles. The summed E-state index contributed by atoms with van der Waals surface area (Å²) < 4.78 is 0. The summed E-state index contributed by atoms with van der Waals surface area (Å²) in [5.41, 5.74) is 16.0. The second-order valence-corrected chi connectivity index (χ2v) is 16.8. The van der Waals surface area contributed by atoms with E-state index in [1.807, 2.05) is 72.8 Å². The molecule has 314 valence electrons. The van der Waals surface area contributed by atoms with Gasteiger partial charge < -0.3 is 0 Å². The van der Waals surface area contributed by atoms with Gasteiger partial charge in [-0.3, -0.25) is 0 Å². The third-order valence-corrected chi connectivity index (χ3v) is 12.9. The van der Waals surface area contributed by atoms with Crippen molar-refractivity contribution in [1.29, 1.82) is 0 Å². The minimum Gasteiger partial charge on any atom is -0.228 e. The summed E-state index contributed by atoms with van der Waals surface area (Å²) in [6, 6.07) is 87.1. The topological polar surface area (TPSA) is 64.5 Å². The van der Waals surface area contributed by atoms with Crippen molar-refractivity contribution in [2.24, 2.45) is 0 Å². The van der Waals surface area contributed by atoms with E-state index in [0.717, 1.165) is 55.9 Å². The van der Waals surface area contributed by atoms with E-state index in [0.29, 0.717) is 23.3 Å². The van der Waals surface area contributed by atoms with E-state index in [4.69, 9.17) is 24.9 Å². The lowest BCUT2D eigenvalue weighted by atomic mass is 9.67. The van der Waals surface area contributed by atoms with E-state index in [-0.39, 0.29) is 0 Å². The number of rotatable bonds is 9. The molecule has 0 N–H and O–H groups in total. The standard InChI is InChI=1S/C62H41N5/c1-7-21-43(22-8-1)56-41-57(44-23-9-2-10-24-44)64-61(63-56)53-40-55-52(50-33-19-20-34-54(50)62(55,48-29-15-5-16-30-48)49-31-17-6-18-32-49)39-51(53)42-35-37-47(38-36-42)60-66-58(45-25-11-3-12-26-45)65-59(67-60)46-27-13-4-14-28-46/h1-41H. The zero-order chi connectivity index (χ0) is 44.6. The fourth-order valence-electron chi connectivity index (χ4n) is 9.73. The molecule has 2 aromatic heterocycles. The number of nitrogens with zero attached hydrogens (tertiary/aromatic N) is 5. The van der Waals surface area contributed by atoms with E-state index in [1.54, 1.807) is 0 Å². The zero-order valence-corrected chi connectivity index (χ0v) is 36.4. The molecular formula is C62H41N5. The van der Waals surface area contributed by atoms with E-state index in [2.05, 4.69) is 176 Å². The zero-order valence-electron chi connectivity index (χ0n) is 36.4. The fourth-order valence-corrected chi connectivity index (χ4v) is 9.73. The van der Waals surface area contributed by atoms with Crippen LogP contribution >= 0.6 is 0 Å². The maximum Gasteiger partial charge on any atom is 0.164 e. The molecular weight excluding hydrogens is 815 g/mol. The molecule has 0 fully saturated rings. The van der Waals surface area contributed by atoms with Gasteiger partial charge in [0.2, 0.25) is 0 Å². The molecule has 0 radical (unpaired) electrons. The number of benzene rings is 9. The van der Waals surface area contributed by atoms with Crippen molar-refractivity contribution >= 4 is 0 Å². The molecule has 12 rings (SSSR count). The first-order valence-electron chi connectivity index (χ1n) is 22.6. The summed E-state index contributed by atoms with van der Waals surface area (Å²) in [6.45, 7) is 0. The van der Waals surface area contributed by atoms with Crippen LogP contribution in [0.3, 0.4) is 0 Å². The van der Waals surface area contributed by atoms with Crippen molar-refractivity contribution in [3.05, 3.63) is 271 Å².